The first-order valence-electron chi connectivity index (χ1n) is 6.53. The normalized spacial score (nSPS) is 23.0. The first kappa shape index (κ1) is 16.0. The predicted octanol–water partition coefficient (Wildman–Crippen LogP) is 1.75. The van der Waals surface area contributed by atoms with Crippen LogP contribution in [0.15, 0.2) is 0 Å². The van der Waals surface area contributed by atoms with Crippen LogP contribution in [0.3, 0.4) is 0 Å². The zero-order valence-corrected chi connectivity index (χ0v) is 12.6. The fraction of sp³-hybridized carbons (Fsp3) is 0.769. The number of carboxylic acid groups (broad SMARTS) is 1. The summed E-state index contributed by atoms with van der Waals surface area (Å²) in [5.74, 6) is -1.44. The molecule has 1 N–H and O–H groups in total. The van der Waals surface area contributed by atoms with Crippen molar-refractivity contribution in [1.82, 2.24) is 4.90 Å². The van der Waals surface area contributed by atoms with E-state index in [0.717, 1.165) is 11.8 Å². The van der Waals surface area contributed by atoms with E-state index in [1.54, 1.807) is 13.8 Å². The third-order valence-corrected chi connectivity index (χ3v) is 5.07. The molecule has 5 nitrogen and oxygen atoms in total. The molecule has 1 heterocycles. The molecule has 108 valence electrons. The van der Waals surface area contributed by atoms with Crippen molar-refractivity contribution in [1.29, 1.82) is 0 Å². The standard InChI is InChI=1S/C13H21NO4S/c1-5-8(4)14-10(15)6-9(12(14)16)19-11(7(2)3)13(17)18/h7-9,11H,5-6H2,1-4H3,(H,17,18). The second kappa shape index (κ2) is 6.41. The minimum absolute atomic E-state index is 0.0805. The first-order valence-corrected chi connectivity index (χ1v) is 7.48. The molecule has 1 fully saturated rings. The van der Waals surface area contributed by atoms with Gasteiger partial charge in [0.1, 0.15) is 5.25 Å². The molecule has 0 aromatic rings. The van der Waals surface area contributed by atoms with Crippen LogP contribution in [-0.2, 0) is 14.4 Å². The number of likely N-dealkylation sites (tertiary alicyclic amines) is 1. The molecule has 6 heteroatoms. The van der Waals surface area contributed by atoms with Crippen molar-refractivity contribution in [3.8, 4) is 0 Å². The van der Waals surface area contributed by atoms with Crippen LogP contribution in [0.5, 0.6) is 0 Å². The summed E-state index contributed by atoms with van der Waals surface area (Å²) in [7, 11) is 0. The Morgan fingerprint density at radius 1 is 1.42 bits per heavy atom. The Morgan fingerprint density at radius 2 is 2.00 bits per heavy atom. The fourth-order valence-electron chi connectivity index (χ4n) is 2.05. The third-order valence-electron chi connectivity index (χ3n) is 3.33. The summed E-state index contributed by atoms with van der Waals surface area (Å²) in [5.41, 5.74) is 0. The van der Waals surface area contributed by atoms with Crippen molar-refractivity contribution in [2.45, 2.75) is 57.1 Å². The van der Waals surface area contributed by atoms with Crippen LogP contribution in [0.1, 0.15) is 40.5 Å². The number of hydrogen-bond acceptors (Lipinski definition) is 4. The molecule has 2 amide bonds. The summed E-state index contributed by atoms with van der Waals surface area (Å²) < 4.78 is 0. The van der Waals surface area contributed by atoms with Gasteiger partial charge in [-0.2, -0.15) is 0 Å². The van der Waals surface area contributed by atoms with E-state index in [-0.39, 0.29) is 30.2 Å². The molecule has 19 heavy (non-hydrogen) atoms. The molecule has 0 saturated carbocycles. The van der Waals surface area contributed by atoms with Crippen molar-refractivity contribution >= 4 is 29.5 Å². The second-order valence-electron chi connectivity index (χ2n) is 5.19. The van der Waals surface area contributed by atoms with Crippen LogP contribution in [-0.4, -0.2) is 44.3 Å². The lowest BCUT2D eigenvalue weighted by atomic mass is 10.1. The van der Waals surface area contributed by atoms with Crippen molar-refractivity contribution in [2.75, 3.05) is 0 Å². The highest BCUT2D eigenvalue weighted by molar-refractivity contribution is 8.01. The number of aliphatic carboxylic acids is 1. The van der Waals surface area contributed by atoms with E-state index >= 15 is 0 Å². The van der Waals surface area contributed by atoms with Gasteiger partial charge in [-0.25, -0.2) is 0 Å². The van der Waals surface area contributed by atoms with E-state index < -0.39 is 16.5 Å². The zero-order chi connectivity index (χ0) is 14.7. The van der Waals surface area contributed by atoms with Gasteiger partial charge in [-0.15, -0.1) is 11.8 Å². The smallest absolute Gasteiger partial charge is 0.316 e. The van der Waals surface area contributed by atoms with Gasteiger partial charge >= 0.3 is 5.97 Å². The quantitative estimate of drug-likeness (QED) is 0.753. The molecule has 1 saturated heterocycles. The van der Waals surface area contributed by atoms with Gasteiger partial charge in [0.05, 0.1) is 5.25 Å². The minimum Gasteiger partial charge on any atom is -0.480 e. The number of hydrogen-bond donors (Lipinski definition) is 1. The average molecular weight is 287 g/mol. The largest absolute Gasteiger partial charge is 0.480 e. The highest BCUT2D eigenvalue weighted by atomic mass is 32.2. The molecule has 1 aliphatic heterocycles. The summed E-state index contributed by atoms with van der Waals surface area (Å²) in [6.45, 7) is 7.36. The maximum absolute atomic E-state index is 12.2. The average Bonchev–Trinajstić information content (AvgIpc) is 2.59. The molecule has 1 aliphatic rings. The molecule has 0 spiro atoms. The van der Waals surface area contributed by atoms with Crippen molar-refractivity contribution in [3.63, 3.8) is 0 Å². The number of amides is 2. The molecule has 0 aromatic heterocycles. The SMILES string of the molecule is CCC(C)N1C(=O)CC(SC(C(=O)O)C(C)C)C1=O. The Kier molecular flexibility index (Phi) is 5.40. The molecular formula is C13H21NO4S. The Bertz CT molecular complexity index is 383. The Hall–Kier alpha value is -1.04. The monoisotopic (exact) mass is 287 g/mol. The number of thioether (sulfide) groups is 1. The highest BCUT2D eigenvalue weighted by Gasteiger charge is 2.43. The Morgan fingerprint density at radius 3 is 2.42 bits per heavy atom. The van der Waals surface area contributed by atoms with Gasteiger partial charge in [0, 0.05) is 12.5 Å². The molecule has 0 bridgehead atoms. The van der Waals surface area contributed by atoms with Gasteiger partial charge in [0.2, 0.25) is 11.8 Å². The predicted molar refractivity (Wildman–Crippen MR) is 73.9 cm³/mol. The van der Waals surface area contributed by atoms with Crippen molar-refractivity contribution in [2.24, 2.45) is 5.92 Å². The summed E-state index contributed by atoms with van der Waals surface area (Å²) in [4.78, 5) is 36.5. The van der Waals surface area contributed by atoms with Gasteiger partial charge in [-0.3, -0.25) is 19.3 Å². The zero-order valence-electron chi connectivity index (χ0n) is 11.8. The van der Waals surface area contributed by atoms with E-state index in [2.05, 4.69) is 0 Å². The van der Waals surface area contributed by atoms with E-state index in [0.29, 0.717) is 6.42 Å². The van der Waals surface area contributed by atoms with Crippen LogP contribution in [0.25, 0.3) is 0 Å². The van der Waals surface area contributed by atoms with E-state index in [1.807, 2.05) is 13.8 Å². The molecule has 0 aliphatic carbocycles. The van der Waals surface area contributed by atoms with E-state index in [4.69, 9.17) is 5.11 Å². The maximum atomic E-state index is 12.2. The van der Waals surface area contributed by atoms with E-state index in [1.165, 1.54) is 4.90 Å². The van der Waals surface area contributed by atoms with E-state index in [9.17, 15) is 14.4 Å². The Labute approximate surface area is 117 Å². The van der Waals surface area contributed by atoms with Crippen LogP contribution in [0.4, 0.5) is 0 Å². The summed E-state index contributed by atoms with van der Waals surface area (Å²) in [5, 5.41) is 7.94. The van der Waals surface area contributed by atoms with Crippen LogP contribution >= 0.6 is 11.8 Å². The number of carbonyl (C=O) groups is 3. The molecule has 3 unspecified atom stereocenters. The lowest BCUT2D eigenvalue weighted by Crippen LogP contribution is -2.39. The second-order valence-corrected chi connectivity index (χ2v) is 6.54. The van der Waals surface area contributed by atoms with Gasteiger partial charge < -0.3 is 5.11 Å². The number of imide groups is 1. The van der Waals surface area contributed by atoms with Crippen molar-refractivity contribution in [3.05, 3.63) is 0 Å². The maximum Gasteiger partial charge on any atom is 0.316 e. The van der Waals surface area contributed by atoms with Gasteiger partial charge in [0.25, 0.3) is 0 Å². The lowest BCUT2D eigenvalue weighted by molar-refractivity contribution is -0.140. The topological polar surface area (TPSA) is 74.7 Å². The van der Waals surface area contributed by atoms with Gasteiger partial charge in [-0.1, -0.05) is 20.8 Å². The van der Waals surface area contributed by atoms with Crippen molar-refractivity contribution < 1.29 is 19.5 Å². The minimum atomic E-state index is -0.928. The summed E-state index contributed by atoms with van der Waals surface area (Å²) in [6.07, 6.45) is 0.825. The number of carboxylic acids is 1. The fourth-order valence-corrected chi connectivity index (χ4v) is 3.31. The molecule has 1 rings (SSSR count). The summed E-state index contributed by atoms with van der Waals surface area (Å²) in [6, 6.07) is -0.118. The van der Waals surface area contributed by atoms with Gasteiger partial charge in [-0.05, 0) is 19.3 Å². The van der Waals surface area contributed by atoms with Crippen LogP contribution in [0.2, 0.25) is 0 Å². The summed E-state index contributed by atoms with van der Waals surface area (Å²) >= 11 is 1.10. The first-order chi connectivity index (χ1) is 8.79. The lowest BCUT2D eigenvalue weighted by Gasteiger charge is -2.22. The third kappa shape index (κ3) is 3.49. The Balaban J connectivity index is 2.79. The van der Waals surface area contributed by atoms with Gasteiger partial charge in [0.15, 0.2) is 0 Å². The molecule has 0 radical (unpaired) electrons. The molecule has 3 atom stereocenters. The van der Waals surface area contributed by atoms with Crippen LogP contribution in [0, 0.1) is 5.92 Å². The highest BCUT2D eigenvalue weighted by Crippen LogP contribution is 2.33. The molecular weight excluding hydrogens is 266 g/mol. The number of rotatable bonds is 6. The van der Waals surface area contributed by atoms with Crippen LogP contribution < -0.4 is 0 Å². The molecule has 0 aromatic carbocycles. The number of nitrogens with zero attached hydrogens (tertiary/aromatic N) is 1. The number of carbonyl (C=O) groups excluding carboxylic acids is 2.